The Balaban J connectivity index is 1.60. The van der Waals surface area contributed by atoms with Crippen molar-refractivity contribution in [1.29, 1.82) is 0 Å². The highest BCUT2D eigenvalue weighted by Gasteiger charge is 2.48. The predicted octanol–water partition coefficient (Wildman–Crippen LogP) is 3.45. The van der Waals surface area contributed by atoms with Gasteiger partial charge < -0.3 is 4.90 Å². The monoisotopic (exact) mass is 307 g/mol. The molecule has 1 amide bonds. The molecule has 0 heterocycles. The van der Waals surface area contributed by atoms with Crippen LogP contribution >= 0.6 is 15.9 Å². The normalized spacial score (nSPS) is 28.9. The largest absolute Gasteiger partial charge is 0.341 e. The maximum atomic E-state index is 12.3. The molecule has 0 aliphatic heterocycles. The van der Waals surface area contributed by atoms with Crippen LogP contribution in [0.1, 0.15) is 24.8 Å². The second kappa shape index (κ2) is 4.69. The lowest BCUT2D eigenvalue weighted by Gasteiger charge is -2.22. The smallest absolute Gasteiger partial charge is 0.225 e. The van der Waals surface area contributed by atoms with Crippen molar-refractivity contribution < 1.29 is 4.79 Å². The van der Waals surface area contributed by atoms with Crippen molar-refractivity contribution >= 4 is 21.8 Å². The molecule has 0 bridgehead atoms. The lowest BCUT2D eigenvalue weighted by Crippen LogP contribution is -2.31. The standard InChI is InChI=1S/C15H18BrNO/c1-17(9-10-3-2-4-14(16)5-10)15(18)13-7-11-6-12(11)8-13/h2-5,11-13H,6-9H2,1H3. The summed E-state index contributed by atoms with van der Waals surface area (Å²) in [4.78, 5) is 14.2. The van der Waals surface area contributed by atoms with E-state index in [1.54, 1.807) is 0 Å². The predicted molar refractivity (Wildman–Crippen MR) is 74.9 cm³/mol. The fourth-order valence-corrected chi connectivity index (χ4v) is 3.66. The molecule has 2 saturated carbocycles. The first kappa shape index (κ1) is 12.2. The highest BCUT2D eigenvalue weighted by molar-refractivity contribution is 9.10. The molecule has 18 heavy (non-hydrogen) atoms. The van der Waals surface area contributed by atoms with Crippen LogP contribution < -0.4 is 0 Å². The molecule has 2 fully saturated rings. The summed E-state index contributed by atoms with van der Waals surface area (Å²) in [6, 6.07) is 8.18. The van der Waals surface area contributed by atoms with Gasteiger partial charge in [-0.25, -0.2) is 0 Å². The van der Waals surface area contributed by atoms with Gasteiger partial charge in [0, 0.05) is 24.0 Å². The Morgan fingerprint density at radius 3 is 2.72 bits per heavy atom. The van der Waals surface area contributed by atoms with Gasteiger partial charge in [0.15, 0.2) is 0 Å². The Morgan fingerprint density at radius 2 is 2.06 bits per heavy atom. The van der Waals surface area contributed by atoms with Crippen molar-refractivity contribution in [3.8, 4) is 0 Å². The molecule has 0 aromatic heterocycles. The Morgan fingerprint density at radius 1 is 1.33 bits per heavy atom. The summed E-state index contributed by atoms with van der Waals surface area (Å²) in [5.74, 6) is 2.38. The molecule has 3 rings (SSSR count). The van der Waals surface area contributed by atoms with E-state index in [2.05, 4.69) is 28.1 Å². The van der Waals surface area contributed by atoms with Crippen LogP contribution in [0.5, 0.6) is 0 Å². The zero-order chi connectivity index (χ0) is 12.7. The molecule has 2 nitrogen and oxygen atoms in total. The lowest BCUT2D eigenvalue weighted by molar-refractivity contribution is -0.134. The van der Waals surface area contributed by atoms with E-state index in [4.69, 9.17) is 0 Å². The van der Waals surface area contributed by atoms with Gasteiger partial charge in [-0.05, 0) is 48.8 Å². The molecule has 1 aromatic rings. The van der Waals surface area contributed by atoms with Crippen LogP contribution in [0, 0.1) is 17.8 Å². The fourth-order valence-electron chi connectivity index (χ4n) is 3.22. The van der Waals surface area contributed by atoms with Gasteiger partial charge in [-0.15, -0.1) is 0 Å². The van der Waals surface area contributed by atoms with Gasteiger partial charge >= 0.3 is 0 Å². The molecular formula is C15H18BrNO. The zero-order valence-electron chi connectivity index (χ0n) is 10.6. The minimum atomic E-state index is 0.297. The molecule has 0 saturated heterocycles. The Bertz CT molecular complexity index is 463. The van der Waals surface area contributed by atoms with Crippen LogP contribution in [-0.4, -0.2) is 17.9 Å². The molecule has 2 unspecified atom stereocenters. The quantitative estimate of drug-likeness (QED) is 0.837. The van der Waals surface area contributed by atoms with E-state index in [1.165, 1.54) is 12.0 Å². The van der Waals surface area contributed by atoms with E-state index in [0.717, 1.165) is 29.2 Å². The van der Waals surface area contributed by atoms with Gasteiger partial charge in [0.2, 0.25) is 5.91 Å². The molecule has 0 radical (unpaired) electrons. The van der Waals surface area contributed by atoms with Gasteiger partial charge in [0.25, 0.3) is 0 Å². The van der Waals surface area contributed by atoms with Crippen molar-refractivity contribution in [3.63, 3.8) is 0 Å². The third kappa shape index (κ3) is 2.46. The number of halogens is 1. The van der Waals surface area contributed by atoms with Gasteiger partial charge in [0.05, 0.1) is 0 Å². The first-order valence-corrected chi connectivity index (χ1v) is 7.42. The topological polar surface area (TPSA) is 20.3 Å². The van der Waals surface area contributed by atoms with Crippen molar-refractivity contribution in [2.75, 3.05) is 7.05 Å². The van der Waals surface area contributed by atoms with Gasteiger partial charge in [-0.3, -0.25) is 4.79 Å². The Kier molecular flexibility index (Phi) is 3.18. The van der Waals surface area contributed by atoms with Crippen molar-refractivity contribution in [2.24, 2.45) is 17.8 Å². The van der Waals surface area contributed by atoms with Crippen LogP contribution in [-0.2, 0) is 11.3 Å². The summed E-state index contributed by atoms with van der Waals surface area (Å²) >= 11 is 3.47. The van der Waals surface area contributed by atoms with E-state index in [-0.39, 0.29) is 0 Å². The molecule has 3 heteroatoms. The number of nitrogens with zero attached hydrogens (tertiary/aromatic N) is 1. The fraction of sp³-hybridized carbons (Fsp3) is 0.533. The van der Waals surface area contributed by atoms with E-state index in [0.29, 0.717) is 18.4 Å². The third-order valence-corrected chi connectivity index (χ3v) is 4.77. The van der Waals surface area contributed by atoms with Gasteiger partial charge in [0.1, 0.15) is 0 Å². The number of benzene rings is 1. The Labute approximate surface area is 116 Å². The second-order valence-corrected chi connectivity index (χ2v) is 6.66. The molecule has 0 spiro atoms. The second-order valence-electron chi connectivity index (χ2n) is 5.75. The van der Waals surface area contributed by atoms with E-state index >= 15 is 0 Å². The zero-order valence-corrected chi connectivity index (χ0v) is 12.2. The number of amides is 1. The SMILES string of the molecule is CN(Cc1cccc(Br)c1)C(=O)C1CC2CC2C1. The summed E-state index contributed by atoms with van der Waals surface area (Å²) in [5.41, 5.74) is 1.18. The maximum absolute atomic E-state index is 12.3. The number of carbonyl (C=O) groups excluding carboxylic acids is 1. The van der Waals surface area contributed by atoms with E-state index < -0.39 is 0 Å². The average molecular weight is 308 g/mol. The van der Waals surface area contributed by atoms with Crippen LogP contribution in [0.4, 0.5) is 0 Å². The summed E-state index contributed by atoms with van der Waals surface area (Å²) in [5, 5.41) is 0. The number of hydrogen-bond acceptors (Lipinski definition) is 1. The van der Waals surface area contributed by atoms with Crippen molar-refractivity contribution in [2.45, 2.75) is 25.8 Å². The van der Waals surface area contributed by atoms with Crippen LogP contribution in [0.3, 0.4) is 0 Å². The minimum absolute atomic E-state index is 0.297. The first-order chi connectivity index (χ1) is 8.63. The number of carbonyl (C=O) groups is 1. The molecular weight excluding hydrogens is 290 g/mol. The number of rotatable bonds is 3. The van der Waals surface area contributed by atoms with Crippen molar-refractivity contribution in [3.05, 3.63) is 34.3 Å². The Hall–Kier alpha value is -0.830. The molecule has 2 aliphatic rings. The summed E-state index contributed by atoms with van der Waals surface area (Å²) in [6.45, 7) is 0.712. The molecule has 1 aromatic carbocycles. The average Bonchev–Trinajstić information content (AvgIpc) is 2.95. The molecule has 96 valence electrons. The summed E-state index contributed by atoms with van der Waals surface area (Å²) < 4.78 is 1.07. The number of fused-ring (bicyclic) bond motifs is 1. The summed E-state index contributed by atoms with van der Waals surface area (Å²) in [6.07, 6.45) is 3.64. The van der Waals surface area contributed by atoms with E-state index in [9.17, 15) is 4.79 Å². The van der Waals surface area contributed by atoms with Crippen LogP contribution in [0.25, 0.3) is 0 Å². The maximum Gasteiger partial charge on any atom is 0.225 e. The van der Waals surface area contributed by atoms with Gasteiger partial charge in [-0.1, -0.05) is 28.1 Å². The molecule has 2 aliphatic carbocycles. The minimum Gasteiger partial charge on any atom is -0.341 e. The lowest BCUT2D eigenvalue weighted by atomic mass is 10.0. The van der Waals surface area contributed by atoms with Crippen LogP contribution in [0.15, 0.2) is 28.7 Å². The first-order valence-electron chi connectivity index (χ1n) is 6.63. The summed E-state index contributed by atoms with van der Waals surface area (Å²) in [7, 11) is 1.92. The molecule has 0 N–H and O–H groups in total. The number of hydrogen-bond donors (Lipinski definition) is 0. The third-order valence-electron chi connectivity index (χ3n) is 4.28. The van der Waals surface area contributed by atoms with Gasteiger partial charge in [-0.2, -0.15) is 0 Å². The highest BCUT2D eigenvalue weighted by Crippen LogP contribution is 2.54. The molecule has 2 atom stereocenters. The van der Waals surface area contributed by atoms with E-state index in [1.807, 2.05) is 24.1 Å². The van der Waals surface area contributed by atoms with Crippen molar-refractivity contribution in [1.82, 2.24) is 4.90 Å². The van der Waals surface area contributed by atoms with Crippen LogP contribution in [0.2, 0.25) is 0 Å². The highest BCUT2D eigenvalue weighted by atomic mass is 79.9.